The number of carbonyl (C=O) groups is 1. The van der Waals surface area contributed by atoms with Crippen LogP contribution in [0.2, 0.25) is 0 Å². The molecule has 0 heterocycles. The third kappa shape index (κ3) is 22.9. The van der Waals surface area contributed by atoms with E-state index in [0.717, 1.165) is 0 Å². The molecule has 0 aromatic heterocycles. The van der Waals surface area contributed by atoms with Crippen LogP contribution in [0.1, 0.15) is 38.5 Å². The number of nitrogens with one attached hydrogen (secondary N) is 2. The minimum Gasteiger partial charge on any atom is -0.275 e. The van der Waals surface area contributed by atoms with Crippen LogP contribution in [-0.2, 0) is 0 Å². The summed E-state index contributed by atoms with van der Waals surface area (Å²) in [7, 11) is 0. The molecular formula is C7H18N4O. The number of hydrazine groups is 2. The SMILES string of the molecule is C1CC1.C1CC1.NNC(=O)NN. The Labute approximate surface area is 72.8 Å². The first-order valence-corrected chi connectivity index (χ1v) is 4.28. The number of rotatable bonds is 0. The van der Waals surface area contributed by atoms with E-state index in [1.807, 2.05) is 0 Å². The number of urea groups is 1. The second-order valence-corrected chi connectivity index (χ2v) is 2.74. The molecule has 72 valence electrons. The average molecular weight is 174 g/mol. The number of carbonyl (C=O) groups excluding carboxylic acids is 1. The van der Waals surface area contributed by atoms with E-state index in [1.54, 1.807) is 10.9 Å². The summed E-state index contributed by atoms with van der Waals surface area (Å²) in [5, 5.41) is 0. The van der Waals surface area contributed by atoms with Crippen LogP contribution >= 0.6 is 0 Å². The summed E-state index contributed by atoms with van der Waals surface area (Å²) >= 11 is 0. The maximum atomic E-state index is 9.71. The molecule has 2 fully saturated rings. The molecule has 0 unspecified atom stereocenters. The van der Waals surface area contributed by atoms with Crippen LogP contribution in [0.5, 0.6) is 0 Å². The standard InChI is InChI=1S/2C3H6.CH6N4O/c2*1-2-3-1;2-4-1(6)5-3/h2*1-3H2;2-3H2,(H2,4,5,6). The Morgan fingerprint density at radius 2 is 1.08 bits per heavy atom. The van der Waals surface area contributed by atoms with Crippen LogP contribution in [0.3, 0.4) is 0 Å². The van der Waals surface area contributed by atoms with Crippen molar-refractivity contribution in [3.8, 4) is 0 Å². The minimum absolute atomic E-state index is 0.602. The Morgan fingerprint density at radius 1 is 0.833 bits per heavy atom. The molecule has 0 aromatic rings. The molecule has 2 rings (SSSR count). The largest absolute Gasteiger partial charge is 0.343 e. The number of amides is 2. The summed E-state index contributed by atoms with van der Waals surface area (Å²) in [6, 6.07) is -0.602. The number of hydrogen-bond donors (Lipinski definition) is 4. The van der Waals surface area contributed by atoms with Crippen molar-refractivity contribution in [1.29, 1.82) is 0 Å². The van der Waals surface area contributed by atoms with Crippen molar-refractivity contribution < 1.29 is 4.79 Å². The van der Waals surface area contributed by atoms with Crippen LogP contribution in [0.15, 0.2) is 0 Å². The van der Waals surface area contributed by atoms with Gasteiger partial charge in [0.2, 0.25) is 0 Å². The van der Waals surface area contributed by atoms with Gasteiger partial charge in [0.1, 0.15) is 0 Å². The fourth-order valence-electron chi connectivity index (χ4n) is 0.0417. The van der Waals surface area contributed by atoms with Gasteiger partial charge in [-0.15, -0.1) is 0 Å². The third-order valence-electron chi connectivity index (χ3n) is 0.969. The van der Waals surface area contributed by atoms with Crippen molar-refractivity contribution in [3.05, 3.63) is 0 Å². The minimum atomic E-state index is -0.602. The van der Waals surface area contributed by atoms with Crippen molar-refractivity contribution >= 4 is 6.03 Å². The van der Waals surface area contributed by atoms with Crippen molar-refractivity contribution in [1.82, 2.24) is 10.9 Å². The van der Waals surface area contributed by atoms with Crippen LogP contribution in [0.4, 0.5) is 4.79 Å². The van der Waals surface area contributed by atoms with Gasteiger partial charge >= 0.3 is 6.03 Å². The smallest absolute Gasteiger partial charge is 0.275 e. The lowest BCUT2D eigenvalue weighted by Crippen LogP contribution is -2.43. The van der Waals surface area contributed by atoms with E-state index >= 15 is 0 Å². The Kier molecular flexibility index (Phi) is 7.73. The molecule has 12 heavy (non-hydrogen) atoms. The molecule has 0 atom stereocenters. The monoisotopic (exact) mass is 174 g/mol. The van der Waals surface area contributed by atoms with E-state index < -0.39 is 6.03 Å². The van der Waals surface area contributed by atoms with Gasteiger partial charge in [-0.3, -0.25) is 10.9 Å². The fraction of sp³-hybridized carbons (Fsp3) is 0.857. The zero-order valence-corrected chi connectivity index (χ0v) is 7.31. The summed E-state index contributed by atoms with van der Waals surface area (Å²) in [5.41, 5.74) is 3.48. The maximum Gasteiger partial charge on any atom is 0.343 e. The Balaban J connectivity index is 0.000000165. The maximum absolute atomic E-state index is 9.71. The topological polar surface area (TPSA) is 93.2 Å². The number of hydrogen-bond acceptors (Lipinski definition) is 3. The van der Waals surface area contributed by atoms with Gasteiger partial charge in [-0.05, 0) is 0 Å². The predicted octanol–water partition coefficient (Wildman–Crippen LogP) is 0.374. The van der Waals surface area contributed by atoms with E-state index in [2.05, 4.69) is 11.7 Å². The van der Waals surface area contributed by atoms with E-state index in [-0.39, 0.29) is 0 Å². The van der Waals surface area contributed by atoms with E-state index in [0.29, 0.717) is 0 Å². The molecule has 5 nitrogen and oxygen atoms in total. The quantitative estimate of drug-likeness (QED) is 0.243. The van der Waals surface area contributed by atoms with E-state index in [4.69, 9.17) is 0 Å². The van der Waals surface area contributed by atoms with Crippen molar-refractivity contribution in [3.63, 3.8) is 0 Å². The summed E-state index contributed by atoms with van der Waals surface area (Å²) in [5.74, 6) is 9.08. The van der Waals surface area contributed by atoms with Gasteiger partial charge < -0.3 is 0 Å². The molecule has 0 spiro atoms. The highest BCUT2D eigenvalue weighted by molar-refractivity contribution is 5.72. The molecule has 5 heteroatoms. The zero-order chi connectivity index (χ0) is 9.23. The molecule has 2 aliphatic carbocycles. The molecule has 2 saturated carbocycles. The normalized spacial score (nSPS) is 15.5. The third-order valence-corrected chi connectivity index (χ3v) is 0.969. The molecule has 0 bridgehead atoms. The molecule has 0 aromatic carbocycles. The molecule has 0 saturated heterocycles. The van der Waals surface area contributed by atoms with Gasteiger partial charge in [0.25, 0.3) is 0 Å². The van der Waals surface area contributed by atoms with Gasteiger partial charge in [0.15, 0.2) is 0 Å². The second kappa shape index (κ2) is 8.29. The van der Waals surface area contributed by atoms with Crippen molar-refractivity contribution in [2.24, 2.45) is 11.7 Å². The Hall–Kier alpha value is -0.810. The fourth-order valence-corrected chi connectivity index (χ4v) is 0.0417. The first-order chi connectivity index (χ1) is 5.81. The van der Waals surface area contributed by atoms with Gasteiger partial charge in [0, 0.05) is 0 Å². The van der Waals surface area contributed by atoms with E-state index in [9.17, 15) is 4.79 Å². The van der Waals surface area contributed by atoms with Crippen LogP contribution < -0.4 is 22.5 Å². The first-order valence-electron chi connectivity index (χ1n) is 4.28. The number of nitrogens with two attached hydrogens (primary N) is 2. The highest BCUT2D eigenvalue weighted by atomic mass is 16.2. The Bertz CT molecular complexity index is 96.5. The molecule has 2 aliphatic rings. The summed E-state index contributed by atoms with van der Waals surface area (Å²) in [6.45, 7) is 0. The highest BCUT2D eigenvalue weighted by Crippen LogP contribution is 2.15. The summed E-state index contributed by atoms with van der Waals surface area (Å²) in [6.07, 6.45) is 9.00. The van der Waals surface area contributed by atoms with Gasteiger partial charge in [-0.25, -0.2) is 16.5 Å². The molecule has 2 amide bonds. The van der Waals surface area contributed by atoms with Crippen LogP contribution in [0, 0.1) is 0 Å². The molecule has 0 aliphatic heterocycles. The van der Waals surface area contributed by atoms with Gasteiger partial charge in [-0.2, -0.15) is 0 Å². The van der Waals surface area contributed by atoms with Crippen molar-refractivity contribution in [2.75, 3.05) is 0 Å². The lowest BCUT2D eigenvalue weighted by molar-refractivity contribution is 0.241. The van der Waals surface area contributed by atoms with Crippen LogP contribution in [-0.4, -0.2) is 6.03 Å². The van der Waals surface area contributed by atoms with E-state index in [1.165, 1.54) is 38.5 Å². The molecule has 6 N–H and O–H groups in total. The summed E-state index contributed by atoms with van der Waals surface area (Å²) in [4.78, 5) is 9.71. The van der Waals surface area contributed by atoms with Crippen molar-refractivity contribution in [2.45, 2.75) is 38.5 Å². The second-order valence-electron chi connectivity index (χ2n) is 2.74. The Morgan fingerprint density at radius 3 is 1.08 bits per heavy atom. The lowest BCUT2D eigenvalue weighted by Gasteiger charge is -1.90. The van der Waals surface area contributed by atoms with Crippen LogP contribution in [0.25, 0.3) is 0 Å². The predicted molar refractivity (Wildman–Crippen MR) is 47.7 cm³/mol. The zero-order valence-electron chi connectivity index (χ0n) is 7.31. The van der Waals surface area contributed by atoms with Gasteiger partial charge in [-0.1, -0.05) is 38.5 Å². The highest BCUT2D eigenvalue weighted by Gasteiger charge is 1.95. The average Bonchev–Trinajstić information content (AvgIpc) is 2.99. The lowest BCUT2D eigenvalue weighted by atomic mass is 11.0. The summed E-state index contributed by atoms with van der Waals surface area (Å²) < 4.78 is 0. The molecular weight excluding hydrogens is 156 g/mol. The molecule has 0 radical (unpaired) electrons. The van der Waals surface area contributed by atoms with Gasteiger partial charge in [0.05, 0.1) is 0 Å². The first kappa shape index (κ1) is 11.2.